The van der Waals surface area contributed by atoms with E-state index in [9.17, 15) is 9.90 Å². The molecule has 1 fully saturated rings. The first-order valence-electron chi connectivity index (χ1n) is 7.33. The van der Waals surface area contributed by atoms with Crippen LogP contribution in [0.2, 0.25) is 0 Å². The van der Waals surface area contributed by atoms with Crippen molar-refractivity contribution >= 4 is 5.91 Å². The highest BCUT2D eigenvalue weighted by molar-refractivity contribution is 5.78. The van der Waals surface area contributed by atoms with Gasteiger partial charge in [-0.3, -0.25) is 4.79 Å². The molecule has 2 N–H and O–H groups in total. The first-order valence-corrected chi connectivity index (χ1v) is 7.33. The fourth-order valence-corrected chi connectivity index (χ4v) is 2.83. The molecular formula is C15H24N2O3. The van der Waals surface area contributed by atoms with Gasteiger partial charge in [0.1, 0.15) is 5.76 Å². The van der Waals surface area contributed by atoms with Crippen LogP contribution in [0.3, 0.4) is 0 Å². The van der Waals surface area contributed by atoms with Crippen molar-refractivity contribution in [2.45, 2.75) is 58.5 Å². The number of rotatable bonds is 5. The molecule has 0 spiro atoms. The Labute approximate surface area is 119 Å². The molecule has 0 aromatic carbocycles. The van der Waals surface area contributed by atoms with Gasteiger partial charge in [-0.25, -0.2) is 0 Å². The standard InChI is InChI=1S/C15H24N2O3/c1-10(8-13-11(2)17-20-12(13)3)14(18)16-9-15(19)6-4-5-7-15/h10,19H,4-9H2,1-3H3,(H,16,18). The molecular weight excluding hydrogens is 256 g/mol. The highest BCUT2D eigenvalue weighted by atomic mass is 16.5. The lowest BCUT2D eigenvalue weighted by Gasteiger charge is -2.23. The van der Waals surface area contributed by atoms with Crippen molar-refractivity contribution in [3.63, 3.8) is 0 Å². The van der Waals surface area contributed by atoms with E-state index in [0.717, 1.165) is 42.7 Å². The molecule has 5 heteroatoms. The lowest BCUT2D eigenvalue weighted by molar-refractivity contribution is -0.125. The average Bonchev–Trinajstić information content (AvgIpc) is 2.97. The lowest BCUT2D eigenvalue weighted by Crippen LogP contribution is -2.42. The molecule has 1 aliphatic rings. The van der Waals surface area contributed by atoms with Gasteiger partial charge in [-0.2, -0.15) is 0 Å². The number of aryl methyl sites for hydroxylation is 2. The van der Waals surface area contributed by atoms with E-state index in [1.54, 1.807) is 0 Å². The van der Waals surface area contributed by atoms with Crippen molar-refractivity contribution in [1.82, 2.24) is 10.5 Å². The summed E-state index contributed by atoms with van der Waals surface area (Å²) in [6.45, 7) is 6.00. The Morgan fingerprint density at radius 2 is 2.10 bits per heavy atom. The van der Waals surface area contributed by atoms with Crippen molar-refractivity contribution in [3.8, 4) is 0 Å². The third-order valence-corrected chi connectivity index (χ3v) is 4.27. The molecule has 1 aliphatic carbocycles. The number of amides is 1. The van der Waals surface area contributed by atoms with Crippen LogP contribution in [-0.2, 0) is 11.2 Å². The number of hydrogen-bond donors (Lipinski definition) is 2. The molecule has 1 aromatic heterocycles. The van der Waals surface area contributed by atoms with Gasteiger partial charge in [-0.1, -0.05) is 24.9 Å². The fraction of sp³-hybridized carbons (Fsp3) is 0.733. The Kier molecular flexibility index (Phi) is 4.48. The topological polar surface area (TPSA) is 75.4 Å². The van der Waals surface area contributed by atoms with E-state index in [1.165, 1.54) is 0 Å². The van der Waals surface area contributed by atoms with E-state index < -0.39 is 5.60 Å². The molecule has 2 rings (SSSR count). The SMILES string of the molecule is Cc1noc(C)c1CC(C)C(=O)NCC1(O)CCCC1. The van der Waals surface area contributed by atoms with Gasteiger partial charge < -0.3 is 14.9 Å². The van der Waals surface area contributed by atoms with Crippen LogP contribution in [-0.4, -0.2) is 28.3 Å². The van der Waals surface area contributed by atoms with Crippen LogP contribution in [0, 0.1) is 19.8 Å². The third-order valence-electron chi connectivity index (χ3n) is 4.27. The number of aliphatic hydroxyl groups is 1. The maximum absolute atomic E-state index is 12.1. The predicted octanol–water partition coefficient (Wildman–Crippen LogP) is 1.89. The summed E-state index contributed by atoms with van der Waals surface area (Å²) in [5, 5.41) is 17.0. The summed E-state index contributed by atoms with van der Waals surface area (Å²) in [7, 11) is 0. The van der Waals surface area contributed by atoms with Gasteiger partial charge >= 0.3 is 0 Å². The fourth-order valence-electron chi connectivity index (χ4n) is 2.83. The molecule has 0 bridgehead atoms. The Morgan fingerprint density at radius 3 is 2.65 bits per heavy atom. The number of carbonyl (C=O) groups is 1. The van der Waals surface area contributed by atoms with Crippen molar-refractivity contribution in [3.05, 3.63) is 17.0 Å². The van der Waals surface area contributed by atoms with Crippen molar-refractivity contribution < 1.29 is 14.4 Å². The summed E-state index contributed by atoms with van der Waals surface area (Å²) in [6, 6.07) is 0. The molecule has 1 heterocycles. The molecule has 0 radical (unpaired) electrons. The van der Waals surface area contributed by atoms with E-state index in [0.29, 0.717) is 13.0 Å². The van der Waals surface area contributed by atoms with E-state index in [1.807, 2.05) is 20.8 Å². The van der Waals surface area contributed by atoms with Crippen LogP contribution in [0.5, 0.6) is 0 Å². The number of nitrogens with one attached hydrogen (secondary N) is 1. The molecule has 1 aromatic rings. The minimum absolute atomic E-state index is 0.0228. The highest BCUT2D eigenvalue weighted by Crippen LogP contribution is 2.28. The van der Waals surface area contributed by atoms with Crippen LogP contribution < -0.4 is 5.32 Å². The monoisotopic (exact) mass is 280 g/mol. The zero-order valence-corrected chi connectivity index (χ0v) is 12.5. The third kappa shape index (κ3) is 3.39. The van der Waals surface area contributed by atoms with Crippen molar-refractivity contribution in [2.75, 3.05) is 6.54 Å². The molecule has 1 amide bonds. The van der Waals surface area contributed by atoms with Gasteiger partial charge in [0.2, 0.25) is 5.91 Å². The number of aromatic nitrogens is 1. The molecule has 1 atom stereocenters. The molecule has 1 unspecified atom stereocenters. The van der Waals surface area contributed by atoms with Crippen LogP contribution in [0.1, 0.15) is 49.6 Å². The summed E-state index contributed by atoms with van der Waals surface area (Å²) >= 11 is 0. The Hall–Kier alpha value is -1.36. The van der Waals surface area contributed by atoms with Crippen LogP contribution in [0.25, 0.3) is 0 Å². The van der Waals surface area contributed by atoms with Crippen LogP contribution >= 0.6 is 0 Å². The predicted molar refractivity (Wildman–Crippen MR) is 75.3 cm³/mol. The summed E-state index contributed by atoms with van der Waals surface area (Å²) in [5.74, 6) is 0.596. The van der Waals surface area contributed by atoms with E-state index in [2.05, 4.69) is 10.5 Å². The second-order valence-electron chi connectivity index (χ2n) is 6.06. The van der Waals surface area contributed by atoms with Gasteiger partial charge in [0, 0.05) is 18.0 Å². The number of nitrogens with zero attached hydrogens (tertiary/aromatic N) is 1. The zero-order valence-electron chi connectivity index (χ0n) is 12.5. The van der Waals surface area contributed by atoms with E-state index in [4.69, 9.17) is 4.52 Å². The van der Waals surface area contributed by atoms with Gasteiger partial charge in [0.15, 0.2) is 0 Å². The molecule has 5 nitrogen and oxygen atoms in total. The first kappa shape index (κ1) is 15.0. The van der Waals surface area contributed by atoms with Crippen LogP contribution in [0.15, 0.2) is 4.52 Å². The van der Waals surface area contributed by atoms with Gasteiger partial charge in [0.05, 0.1) is 11.3 Å². The Bertz CT molecular complexity index is 456. The minimum Gasteiger partial charge on any atom is -0.388 e. The van der Waals surface area contributed by atoms with Gasteiger partial charge in [-0.15, -0.1) is 0 Å². The molecule has 112 valence electrons. The quantitative estimate of drug-likeness (QED) is 0.863. The molecule has 0 aliphatic heterocycles. The maximum atomic E-state index is 12.1. The summed E-state index contributed by atoms with van der Waals surface area (Å²) < 4.78 is 5.11. The largest absolute Gasteiger partial charge is 0.388 e. The van der Waals surface area contributed by atoms with Gasteiger partial charge in [-0.05, 0) is 33.1 Å². The number of hydrogen-bond acceptors (Lipinski definition) is 4. The first-order chi connectivity index (χ1) is 9.41. The number of carbonyl (C=O) groups excluding carboxylic acids is 1. The average molecular weight is 280 g/mol. The minimum atomic E-state index is -0.696. The summed E-state index contributed by atoms with van der Waals surface area (Å²) in [4.78, 5) is 12.1. The summed E-state index contributed by atoms with van der Waals surface area (Å²) in [5.41, 5.74) is 1.15. The molecule has 0 saturated heterocycles. The van der Waals surface area contributed by atoms with Crippen molar-refractivity contribution in [1.29, 1.82) is 0 Å². The normalized spacial score (nSPS) is 19.0. The van der Waals surface area contributed by atoms with Crippen LogP contribution in [0.4, 0.5) is 0 Å². The highest BCUT2D eigenvalue weighted by Gasteiger charge is 2.31. The smallest absolute Gasteiger partial charge is 0.223 e. The summed E-state index contributed by atoms with van der Waals surface area (Å²) in [6.07, 6.45) is 4.27. The van der Waals surface area contributed by atoms with E-state index in [-0.39, 0.29) is 11.8 Å². The second kappa shape index (κ2) is 5.95. The molecule has 20 heavy (non-hydrogen) atoms. The Morgan fingerprint density at radius 1 is 1.45 bits per heavy atom. The lowest BCUT2D eigenvalue weighted by atomic mass is 9.98. The Balaban J connectivity index is 1.86. The van der Waals surface area contributed by atoms with Gasteiger partial charge in [0.25, 0.3) is 0 Å². The zero-order chi connectivity index (χ0) is 14.8. The van der Waals surface area contributed by atoms with E-state index >= 15 is 0 Å². The molecule has 1 saturated carbocycles. The van der Waals surface area contributed by atoms with Crippen molar-refractivity contribution in [2.24, 2.45) is 5.92 Å². The second-order valence-corrected chi connectivity index (χ2v) is 6.06. The maximum Gasteiger partial charge on any atom is 0.223 e.